The predicted octanol–water partition coefficient (Wildman–Crippen LogP) is 2.48. The van der Waals surface area contributed by atoms with E-state index in [0.29, 0.717) is 18.7 Å². The standard InChI is InChI=1S/C16H20N2O3/c1-2-12(8-9-19)11-17-16(20)14-10-15(21-18-14)13-6-4-3-5-7-13/h3-7,10,12,19H,2,8-9,11H2,1H3,(H,17,20). The summed E-state index contributed by atoms with van der Waals surface area (Å²) >= 11 is 0. The van der Waals surface area contributed by atoms with Crippen molar-refractivity contribution in [3.63, 3.8) is 0 Å². The van der Waals surface area contributed by atoms with E-state index in [1.165, 1.54) is 0 Å². The van der Waals surface area contributed by atoms with Gasteiger partial charge in [0.25, 0.3) is 5.91 Å². The third kappa shape index (κ3) is 4.16. The van der Waals surface area contributed by atoms with Crippen molar-refractivity contribution in [1.29, 1.82) is 0 Å². The Kier molecular flexibility index (Phi) is 5.51. The Morgan fingerprint density at radius 1 is 1.38 bits per heavy atom. The number of nitrogens with zero attached hydrogens (tertiary/aromatic N) is 1. The zero-order chi connectivity index (χ0) is 15.1. The molecule has 1 aromatic heterocycles. The van der Waals surface area contributed by atoms with E-state index in [9.17, 15) is 4.79 Å². The lowest BCUT2D eigenvalue weighted by Crippen LogP contribution is -2.29. The summed E-state index contributed by atoms with van der Waals surface area (Å²) in [5.41, 5.74) is 1.16. The lowest BCUT2D eigenvalue weighted by atomic mass is 10.0. The number of amides is 1. The number of rotatable bonds is 7. The molecule has 0 bridgehead atoms. The average molecular weight is 288 g/mol. The van der Waals surface area contributed by atoms with Crippen LogP contribution < -0.4 is 5.32 Å². The third-order valence-corrected chi connectivity index (χ3v) is 3.47. The Hall–Kier alpha value is -2.14. The first-order valence-electron chi connectivity index (χ1n) is 7.15. The summed E-state index contributed by atoms with van der Waals surface area (Å²) in [6.45, 7) is 2.70. The average Bonchev–Trinajstić information content (AvgIpc) is 3.02. The minimum Gasteiger partial charge on any atom is -0.396 e. The molecule has 0 saturated carbocycles. The van der Waals surface area contributed by atoms with Gasteiger partial charge in [0.05, 0.1) is 0 Å². The Morgan fingerprint density at radius 2 is 2.14 bits per heavy atom. The lowest BCUT2D eigenvalue weighted by molar-refractivity contribution is 0.0934. The highest BCUT2D eigenvalue weighted by atomic mass is 16.5. The van der Waals surface area contributed by atoms with Gasteiger partial charge < -0.3 is 14.9 Å². The second kappa shape index (κ2) is 7.59. The number of aromatic nitrogens is 1. The summed E-state index contributed by atoms with van der Waals surface area (Å²) in [6.07, 6.45) is 1.60. The first kappa shape index (κ1) is 15.3. The quantitative estimate of drug-likeness (QED) is 0.820. The van der Waals surface area contributed by atoms with Crippen LogP contribution >= 0.6 is 0 Å². The van der Waals surface area contributed by atoms with Crippen molar-refractivity contribution in [2.75, 3.05) is 13.2 Å². The molecule has 0 aliphatic carbocycles. The first-order chi connectivity index (χ1) is 10.2. The molecule has 0 spiro atoms. The van der Waals surface area contributed by atoms with Crippen LogP contribution in [0.15, 0.2) is 40.9 Å². The molecule has 0 fully saturated rings. The highest BCUT2D eigenvalue weighted by Gasteiger charge is 2.15. The van der Waals surface area contributed by atoms with Gasteiger partial charge in [-0.3, -0.25) is 4.79 Å². The van der Waals surface area contributed by atoms with Crippen LogP contribution in [-0.4, -0.2) is 29.3 Å². The van der Waals surface area contributed by atoms with Crippen LogP contribution in [-0.2, 0) is 0 Å². The maximum Gasteiger partial charge on any atom is 0.273 e. The molecule has 1 heterocycles. The van der Waals surface area contributed by atoms with E-state index in [1.807, 2.05) is 37.3 Å². The first-order valence-corrected chi connectivity index (χ1v) is 7.15. The summed E-state index contributed by atoms with van der Waals surface area (Å²) in [6, 6.07) is 11.2. The van der Waals surface area contributed by atoms with Crippen LogP contribution in [0.4, 0.5) is 0 Å². The molecular weight excluding hydrogens is 268 g/mol. The fourth-order valence-corrected chi connectivity index (χ4v) is 2.08. The fourth-order valence-electron chi connectivity index (χ4n) is 2.08. The molecular formula is C16H20N2O3. The Bertz CT molecular complexity index is 566. The van der Waals surface area contributed by atoms with Gasteiger partial charge in [-0.1, -0.05) is 48.8 Å². The maximum absolute atomic E-state index is 12.0. The molecule has 1 aromatic carbocycles. The molecule has 2 aromatic rings. The van der Waals surface area contributed by atoms with Crippen molar-refractivity contribution in [2.45, 2.75) is 19.8 Å². The van der Waals surface area contributed by atoms with E-state index in [4.69, 9.17) is 9.63 Å². The molecule has 112 valence electrons. The van der Waals surface area contributed by atoms with Gasteiger partial charge in [-0.2, -0.15) is 0 Å². The van der Waals surface area contributed by atoms with E-state index in [-0.39, 0.29) is 24.1 Å². The van der Waals surface area contributed by atoms with Crippen molar-refractivity contribution in [3.8, 4) is 11.3 Å². The van der Waals surface area contributed by atoms with Gasteiger partial charge in [-0.25, -0.2) is 0 Å². The molecule has 0 aliphatic rings. The van der Waals surface area contributed by atoms with Gasteiger partial charge in [0.15, 0.2) is 11.5 Å². The van der Waals surface area contributed by atoms with Gasteiger partial charge in [-0.15, -0.1) is 0 Å². The molecule has 21 heavy (non-hydrogen) atoms. The number of aliphatic hydroxyl groups is 1. The molecule has 2 N–H and O–H groups in total. The molecule has 1 atom stereocenters. The van der Waals surface area contributed by atoms with Crippen LogP contribution in [0.3, 0.4) is 0 Å². The van der Waals surface area contributed by atoms with E-state index < -0.39 is 0 Å². The lowest BCUT2D eigenvalue weighted by Gasteiger charge is -2.13. The van der Waals surface area contributed by atoms with E-state index in [1.54, 1.807) is 6.07 Å². The predicted molar refractivity (Wildman–Crippen MR) is 79.8 cm³/mol. The summed E-state index contributed by atoms with van der Waals surface area (Å²) in [7, 11) is 0. The minimum atomic E-state index is -0.252. The van der Waals surface area contributed by atoms with Gasteiger partial charge in [0, 0.05) is 24.8 Å². The van der Waals surface area contributed by atoms with E-state index in [0.717, 1.165) is 12.0 Å². The van der Waals surface area contributed by atoms with Crippen LogP contribution in [0.5, 0.6) is 0 Å². The molecule has 1 amide bonds. The molecule has 0 radical (unpaired) electrons. The van der Waals surface area contributed by atoms with Gasteiger partial charge in [0.1, 0.15) is 0 Å². The number of hydrogen-bond acceptors (Lipinski definition) is 4. The number of benzene rings is 1. The van der Waals surface area contributed by atoms with Crippen molar-refractivity contribution < 1.29 is 14.4 Å². The van der Waals surface area contributed by atoms with Gasteiger partial charge in [-0.05, 0) is 12.3 Å². The second-order valence-electron chi connectivity index (χ2n) is 4.94. The highest BCUT2D eigenvalue weighted by Crippen LogP contribution is 2.19. The van der Waals surface area contributed by atoms with Crippen LogP contribution in [0.25, 0.3) is 11.3 Å². The smallest absolute Gasteiger partial charge is 0.273 e. The summed E-state index contributed by atoms with van der Waals surface area (Å²) < 4.78 is 5.20. The molecule has 5 heteroatoms. The SMILES string of the molecule is CCC(CCO)CNC(=O)c1cc(-c2ccccc2)on1. The topological polar surface area (TPSA) is 75.4 Å². The second-order valence-corrected chi connectivity index (χ2v) is 4.94. The maximum atomic E-state index is 12.0. The zero-order valence-electron chi connectivity index (χ0n) is 12.1. The normalized spacial score (nSPS) is 12.1. The molecule has 1 unspecified atom stereocenters. The molecule has 2 rings (SSSR count). The number of nitrogens with one attached hydrogen (secondary N) is 1. The van der Waals surface area contributed by atoms with Crippen LogP contribution in [0.1, 0.15) is 30.3 Å². The van der Waals surface area contributed by atoms with Crippen LogP contribution in [0, 0.1) is 5.92 Å². The van der Waals surface area contributed by atoms with Crippen molar-refractivity contribution in [1.82, 2.24) is 10.5 Å². The van der Waals surface area contributed by atoms with Crippen molar-refractivity contribution in [3.05, 3.63) is 42.1 Å². The Labute approximate surface area is 124 Å². The number of hydrogen-bond donors (Lipinski definition) is 2. The summed E-state index contributed by atoms with van der Waals surface area (Å²) in [5.74, 6) is 0.597. The van der Waals surface area contributed by atoms with Crippen molar-refractivity contribution in [2.24, 2.45) is 5.92 Å². The fraction of sp³-hybridized carbons (Fsp3) is 0.375. The molecule has 5 nitrogen and oxygen atoms in total. The van der Waals surface area contributed by atoms with E-state index >= 15 is 0 Å². The highest BCUT2D eigenvalue weighted by molar-refractivity contribution is 5.93. The number of carbonyl (C=O) groups excluding carboxylic acids is 1. The Morgan fingerprint density at radius 3 is 2.81 bits per heavy atom. The largest absolute Gasteiger partial charge is 0.396 e. The summed E-state index contributed by atoms with van der Waals surface area (Å²) in [5, 5.41) is 15.6. The number of carbonyl (C=O) groups is 1. The van der Waals surface area contributed by atoms with Gasteiger partial charge >= 0.3 is 0 Å². The molecule has 0 aliphatic heterocycles. The summed E-state index contributed by atoms with van der Waals surface area (Å²) in [4.78, 5) is 12.0. The third-order valence-electron chi connectivity index (χ3n) is 3.47. The zero-order valence-corrected chi connectivity index (χ0v) is 12.1. The monoisotopic (exact) mass is 288 g/mol. The molecule has 0 saturated heterocycles. The van der Waals surface area contributed by atoms with E-state index in [2.05, 4.69) is 10.5 Å². The minimum absolute atomic E-state index is 0.135. The van der Waals surface area contributed by atoms with Crippen LogP contribution in [0.2, 0.25) is 0 Å². The Balaban J connectivity index is 1.96. The van der Waals surface area contributed by atoms with Gasteiger partial charge in [0.2, 0.25) is 0 Å². The van der Waals surface area contributed by atoms with Crippen molar-refractivity contribution >= 4 is 5.91 Å². The number of aliphatic hydroxyl groups excluding tert-OH is 1.